The Balaban J connectivity index is 1.65. The molecule has 0 unspecified atom stereocenters. The maximum Gasteiger partial charge on any atom is 0.342 e. The van der Waals surface area contributed by atoms with Gasteiger partial charge in [-0.3, -0.25) is 0 Å². The van der Waals surface area contributed by atoms with E-state index in [0.717, 1.165) is 45.6 Å². The number of esters is 1. The molecule has 1 N–H and O–H groups in total. The van der Waals surface area contributed by atoms with Gasteiger partial charge in [0.05, 0.1) is 11.3 Å². The monoisotopic (exact) mass is 433 g/mol. The Kier molecular flexibility index (Phi) is 4.31. The molecular formula is C29H23NO3. The van der Waals surface area contributed by atoms with Crippen molar-refractivity contribution in [1.82, 2.24) is 0 Å². The number of rotatable bonds is 3. The van der Waals surface area contributed by atoms with Gasteiger partial charge in [-0.2, -0.15) is 0 Å². The van der Waals surface area contributed by atoms with Crippen molar-refractivity contribution in [2.24, 2.45) is 0 Å². The number of para-hydroxylation sites is 2. The van der Waals surface area contributed by atoms with Gasteiger partial charge in [-0.05, 0) is 54.8 Å². The van der Waals surface area contributed by atoms with Gasteiger partial charge < -0.3 is 14.8 Å². The van der Waals surface area contributed by atoms with Gasteiger partial charge in [-0.15, -0.1) is 0 Å². The molecule has 4 aromatic carbocycles. The molecule has 2 aliphatic rings. The minimum absolute atomic E-state index is 0.332. The average Bonchev–Trinajstić information content (AvgIpc) is 3.14. The lowest BCUT2D eigenvalue weighted by Crippen LogP contribution is -2.33. The molecule has 0 aliphatic carbocycles. The maximum absolute atomic E-state index is 13.6. The first-order valence-electron chi connectivity index (χ1n) is 11.2. The lowest BCUT2D eigenvalue weighted by atomic mass is 9.75. The van der Waals surface area contributed by atoms with Crippen molar-refractivity contribution in [1.29, 1.82) is 0 Å². The van der Waals surface area contributed by atoms with E-state index in [1.165, 1.54) is 0 Å². The molecule has 0 atom stereocenters. The zero-order chi connectivity index (χ0) is 22.6. The maximum atomic E-state index is 13.6. The number of nitrogens with one attached hydrogen (secondary N) is 1. The number of hydrogen-bond acceptors (Lipinski definition) is 4. The third-order valence-corrected chi connectivity index (χ3v) is 6.52. The number of aryl methyl sites for hydroxylation is 2. The molecule has 0 aromatic heterocycles. The SMILES string of the molecule is CCc1ccc(Nc2cccc(C)c2)c2c1C1(OC2=O)c2ccccc2Oc2ccccc21. The van der Waals surface area contributed by atoms with Gasteiger partial charge in [0.25, 0.3) is 0 Å². The lowest BCUT2D eigenvalue weighted by molar-refractivity contribution is 0.0223. The van der Waals surface area contributed by atoms with Crippen molar-refractivity contribution in [2.75, 3.05) is 5.32 Å². The van der Waals surface area contributed by atoms with Crippen LogP contribution in [0.1, 0.15) is 45.1 Å². The van der Waals surface area contributed by atoms with Crippen LogP contribution in [0.4, 0.5) is 11.4 Å². The number of carbonyl (C=O) groups is 1. The Hall–Kier alpha value is -4.05. The molecule has 4 nitrogen and oxygen atoms in total. The summed E-state index contributed by atoms with van der Waals surface area (Å²) < 4.78 is 12.6. The molecule has 0 saturated carbocycles. The molecule has 0 amide bonds. The highest BCUT2D eigenvalue weighted by Gasteiger charge is 2.55. The molecule has 2 aliphatic heterocycles. The van der Waals surface area contributed by atoms with Crippen molar-refractivity contribution < 1.29 is 14.3 Å². The van der Waals surface area contributed by atoms with Crippen molar-refractivity contribution in [2.45, 2.75) is 25.9 Å². The van der Waals surface area contributed by atoms with E-state index in [-0.39, 0.29) is 5.97 Å². The summed E-state index contributed by atoms with van der Waals surface area (Å²) in [6, 6.07) is 27.9. The van der Waals surface area contributed by atoms with Gasteiger partial charge in [0.15, 0.2) is 5.60 Å². The molecule has 0 saturated heterocycles. The molecule has 0 radical (unpaired) electrons. The smallest absolute Gasteiger partial charge is 0.342 e. The first-order chi connectivity index (χ1) is 16.1. The zero-order valence-corrected chi connectivity index (χ0v) is 18.5. The standard InChI is InChI=1S/C29H23NO3/c1-3-19-15-16-23(30-20-10-8-9-18(2)17-20)26-27(19)29(33-28(26)31)21-11-4-6-13-24(21)32-25-14-7-5-12-22(25)29/h4-17,30H,3H2,1-2H3. The van der Waals surface area contributed by atoms with Crippen molar-refractivity contribution in [3.8, 4) is 11.5 Å². The Morgan fingerprint density at radius 3 is 2.21 bits per heavy atom. The van der Waals surface area contributed by atoms with Crippen LogP contribution in [0.2, 0.25) is 0 Å². The fraction of sp³-hybridized carbons (Fsp3) is 0.138. The normalized spacial score (nSPS) is 14.7. The fourth-order valence-corrected chi connectivity index (χ4v) is 5.11. The van der Waals surface area contributed by atoms with Crippen LogP contribution in [-0.4, -0.2) is 5.97 Å². The topological polar surface area (TPSA) is 47.6 Å². The van der Waals surface area contributed by atoms with Crippen LogP contribution in [0.25, 0.3) is 0 Å². The summed E-state index contributed by atoms with van der Waals surface area (Å²) >= 11 is 0. The molecule has 2 heterocycles. The van der Waals surface area contributed by atoms with E-state index in [2.05, 4.69) is 37.4 Å². The van der Waals surface area contributed by atoms with Crippen LogP contribution >= 0.6 is 0 Å². The van der Waals surface area contributed by atoms with Crippen molar-refractivity contribution in [3.63, 3.8) is 0 Å². The second-order valence-electron chi connectivity index (χ2n) is 8.54. The molecule has 4 heteroatoms. The van der Waals surface area contributed by atoms with Gasteiger partial charge in [-0.25, -0.2) is 4.79 Å². The molecule has 1 spiro atoms. The minimum atomic E-state index is -1.05. The Morgan fingerprint density at radius 2 is 1.55 bits per heavy atom. The highest BCUT2D eigenvalue weighted by Crippen LogP contribution is 2.57. The summed E-state index contributed by atoms with van der Waals surface area (Å²) in [6.07, 6.45) is 0.774. The fourth-order valence-electron chi connectivity index (χ4n) is 5.11. The largest absolute Gasteiger partial charge is 0.456 e. The first-order valence-corrected chi connectivity index (χ1v) is 11.2. The molecule has 6 rings (SSSR count). The van der Waals surface area contributed by atoms with E-state index in [1.54, 1.807) is 0 Å². The summed E-state index contributed by atoms with van der Waals surface area (Å²) in [4.78, 5) is 13.6. The van der Waals surface area contributed by atoms with E-state index in [1.807, 2.05) is 66.7 Å². The minimum Gasteiger partial charge on any atom is -0.456 e. The number of anilines is 2. The number of hydrogen-bond donors (Lipinski definition) is 1. The van der Waals surface area contributed by atoms with Crippen LogP contribution in [0.15, 0.2) is 84.9 Å². The van der Waals surface area contributed by atoms with E-state index in [0.29, 0.717) is 17.1 Å². The molecule has 0 fully saturated rings. The van der Waals surface area contributed by atoms with E-state index in [9.17, 15) is 4.79 Å². The van der Waals surface area contributed by atoms with Crippen LogP contribution in [-0.2, 0) is 16.8 Å². The lowest BCUT2D eigenvalue weighted by Gasteiger charge is -2.37. The molecular weight excluding hydrogens is 410 g/mol. The summed E-state index contributed by atoms with van der Waals surface area (Å²) in [5, 5.41) is 3.46. The third-order valence-electron chi connectivity index (χ3n) is 6.52. The average molecular weight is 434 g/mol. The number of carbonyl (C=O) groups excluding carboxylic acids is 1. The Bertz CT molecular complexity index is 1380. The van der Waals surface area contributed by atoms with Gasteiger partial charge in [0.1, 0.15) is 11.5 Å². The van der Waals surface area contributed by atoms with Crippen LogP contribution in [0, 0.1) is 6.92 Å². The predicted molar refractivity (Wildman–Crippen MR) is 129 cm³/mol. The van der Waals surface area contributed by atoms with E-state index < -0.39 is 5.60 Å². The van der Waals surface area contributed by atoms with Crippen LogP contribution in [0.5, 0.6) is 11.5 Å². The van der Waals surface area contributed by atoms with Gasteiger partial charge in [0.2, 0.25) is 0 Å². The quantitative estimate of drug-likeness (QED) is 0.358. The van der Waals surface area contributed by atoms with Gasteiger partial charge >= 0.3 is 5.97 Å². The van der Waals surface area contributed by atoms with Crippen LogP contribution in [0.3, 0.4) is 0 Å². The molecule has 0 bridgehead atoms. The van der Waals surface area contributed by atoms with Crippen molar-refractivity contribution in [3.05, 3.63) is 118 Å². The highest BCUT2D eigenvalue weighted by atomic mass is 16.6. The predicted octanol–water partition coefficient (Wildman–Crippen LogP) is 6.87. The second-order valence-corrected chi connectivity index (χ2v) is 8.54. The summed E-state index contributed by atoms with van der Waals surface area (Å²) in [5.41, 5.74) is 6.03. The zero-order valence-electron chi connectivity index (χ0n) is 18.5. The second kappa shape index (κ2) is 7.24. The van der Waals surface area contributed by atoms with Crippen LogP contribution < -0.4 is 10.1 Å². The van der Waals surface area contributed by atoms with Gasteiger partial charge in [0, 0.05) is 22.4 Å². The van der Waals surface area contributed by atoms with E-state index in [4.69, 9.17) is 9.47 Å². The summed E-state index contributed by atoms with van der Waals surface area (Å²) in [7, 11) is 0. The molecule has 33 heavy (non-hydrogen) atoms. The number of benzene rings is 4. The Morgan fingerprint density at radius 1 is 0.848 bits per heavy atom. The summed E-state index contributed by atoms with van der Waals surface area (Å²) in [5.74, 6) is 1.08. The Labute approximate surface area is 192 Å². The van der Waals surface area contributed by atoms with Crippen molar-refractivity contribution >= 4 is 17.3 Å². The summed E-state index contributed by atoms with van der Waals surface area (Å²) in [6.45, 7) is 4.16. The number of ether oxygens (including phenoxy) is 2. The highest BCUT2D eigenvalue weighted by molar-refractivity contribution is 6.03. The number of fused-ring (bicyclic) bond motifs is 6. The molecule has 162 valence electrons. The molecule has 4 aromatic rings. The van der Waals surface area contributed by atoms with E-state index >= 15 is 0 Å². The van der Waals surface area contributed by atoms with Gasteiger partial charge in [-0.1, -0.05) is 61.5 Å². The first kappa shape index (κ1) is 19.6. The third kappa shape index (κ3) is 2.80.